The zero-order valence-corrected chi connectivity index (χ0v) is 13.6. The number of hydrogen-bond donors (Lipinski definition) is 2. The average Bonchev–Trinajstić information content (AvgIpc) is 2.48. The Morgan fingerprint density at radius 2 is 2.29 bits per heavy atom. The zero-order chi connectivity index (χ0) is 14.4. The predicted octanol–water partition coefficient (Wildman–Crippen LogP) is 3.14. The van der Waals surface area contributed by atoms with E-state index in [0.717, 1.165) is 49.4 Å². The van der Waals surface area contributed by atoms with Crippen LogP contribution in [0.15, 0.2) is 18.2 Å². The Morgan fingerprint density at radius 1 is 1.48 bits per heavy atom. The number of hydrogen-bond acceptors (Lipinski definition) is 3. The van der Waals surface area contributed by atoms with Crippen molar-refractivity contribution in [3.63, 3.8) is 0 Å². The first-order chi connectivity index (χ1) is 9.70. The Morgan fingerprint density at radius 3 is 2.95 bits per heavy atom. The fourth-order valence-electron chi connectivity index (χ4n) is 2.37. The van der Waals surface area contributed by atoms with E-state index in [1.54, 1.807) is 0 Å². The number of carbonyl (C=O) groups is 1. The van der Waals surface area contributed by atoms with Crippen LogP contribution in [0.4, 0.5) is 5.69 Å². The fourth-order valence-corrected chi connectivity index (χ4v) is 2.37. The van der Waals surface area contributed by atoms with Crippen LogP contribution in [0.1, 0.15) is 31.7 Å². The van der Waals surface area contributed by atoms with Crippen molar-refractivity contribution in [2.75, 3.05) is 25.0 Å². The van der Waals surface area contributed by atoms with Crippen molar-refractivity contribution in [2.24, 2.45) is 5.92 Å². The number of ether oxygens (including phenoxy) is 1. The SMILES string of the molecule is CCCOc1cc(C)ccc1NC(=O)C1CCCNC1.Cl. The van der Waals surface area contributed by atoms with Gasteiger partial charge < -0.3 is 15.4 Å². The van der Waals surface area contributed by atoms with Gasteiger partial charge in [0.05, 0.1) is 18.2 Å². The molecule has 1 unspecified atom stereocenters. The number of halogens is 1. The Hall–Kier alpha value is -1.26. The number of benzene rings is 1. The van der Waals surface area contributed by atoms with E-state index in [9.17, 15) is 4.79 Å². The number of anilines is 1. The van der Waals surface area contributed by atoms with Crippen LogP contribution in [0.25, 0.3) is 0 Å². The molecule has 0 aromatic heterocycles. The summed E-state index contributed by atoms with van der Waals surface area (Å²) in [6.07, 6.45) is 2.97. The summed E-state index contributed by atoms with van der Waals surface area (Å²) in [5.41, 5.74) is 1.91. The molecule has 4 nitrogen and oxygen atoms in total. The third-order valence-corrected chi connectivity index (χ3v) is 3.52. The van der Waals surface area contributed by atoms with Gasteiger partial charge >= 0.3 is 0 Å². The van der Waals surface area contributed by atoms with Crippen LogP contribution < -0.4 is 15.4 Å². The van der Waals surface area contributed by atoms with E-state index in [0.29, 0.717) is 6.61 Å². The maximum atomic E-state index is 12.3. The lowest BCUT2D eigenvalue weighted by Gasteiger charge is -2.22. The van der Waals surface area contributed by atoms with Gasteiger partial charge in [0.25, 0.3) is 0 Å². The highest BCUT2D eigenvalue weighted by Crippen LogP contribution is 2.27. The van der Waals surface area contributed by atoms with Gasteiger partial charge in [-0.25, -0.2) is 0 Å². The van der Waals surface area contributed by atoms with Crippen LogP contribution in [0, 0.1) is 12.8 Å². The molecule has 0 spiro atoms. The third-order valence-electron chi connectivity index (χ3n) is 3.52. The van der Waals surface area contributed by atoms with Gasteiger partial charge in [0.2, 0.25) is 5.91 Å². The lowest BCUT2D eigenvalue weighted by molar-refractivity contribution is -0.120. The second kappa shape index (κ2) is 8.90. The lowest BCUT2D eigenvalue weighted by atomic mass is 9.98. The van der Waals surface area contributed by atoms with Crippen LogP contribution in [-0.4, -0.2) is 25.6 Å². The Balaban J connectivity index is 0.00000220. The molecule has 1 aliphatic heterocycles. The van der Waals surface area contributed by atoms with E-state index in [2.05, 4.69) is 17.6 Å². The fraction of sp³-hybridized carbons (Fsp3) is 0.562. The Labute approximate surface area is 133 Å². The molecule has 1 fully saturated rings. The highest BCUT2D eigenvalue weighted by Gasteiger charge is 2.21. The molecule has 1 aliphatic rings. The summed E-state index contributed by atoms with van der Waals surface area (Å²) < 4.78 is 5.73. The number of amides is 1. The Kier molecular flexibility index (Phi) is 7.54. The Bertz CT molecular complexity index is 460. The minimum Gasteiger partial charge on any atom is -0.491 e. The molecule has 0 radical (unpaired) electrons. The summed E-state index contributed by atoms with van der Waals surface area (Å²) >= 11 is 0. The molecule has 1 aromatic rings. The van der Waals surface area contributed by atoms with Gasteiger partial charge in [-0.15, -0.1) is 12.4 Å². The molecule has 118 valence electrons. The standard InChI is InChI=1S/C16H24N2O2.ClH/c1-3-9-20-15-10-12(2)6-7-14(15)18-16(19)13-5-4-8-17-11-13;/h6-7,10,13,17H,3-5,8-9,11H2,1-2H3,(H,18,19);1H. The molecule has 2 rings (SSSR count). The molecule has 1 heterocycles. The van der Waals surface area contributed by atoms with Crippen molar-refractivity contribution >= 4 is 24.0 Å². The molecule has 1 aromatic carbocycles. The smallest absolute Gasteiger partial charge is 0.228 e. The molecule has 1 amide bonds. The number of piperidine rings is 1. The third kappa shape index (κ3) is 5.21. The molecule has 1 atom stereocenters. The zero-order valence-electron chi connectivity index (χ0n) is 12.8. The summed E-state index contributed by atoms with van der Waals surface area (Å²) in [7, 11) is 0. The minimum atomic E-state index is 0. The van der Waals surface area contributed by atoms with Gasteiger partial charge in [0, 0.05) is 6.54 Å². The summed E-state index contributed by atoms with van der Waals surface area (Å²) in [6, 6.07) is 5.90. The quantitative estimate of drug-likeness (QED) is 0.878. The van der Waals surface area contributed by atoms with Gasteiger partial charge in [-0.2, -0.15) is 0 Å². The molecular weight excluding hydrogens is 288 g/mol. The molecule has 21 heavy (non-hydrogen) atoms. The van der Waals surface area contributed by atoms with Gasteiger partial charge in [0.15, 0.2) is 0 Å². The number of rotatable bonds is 5. The van der Waals surface area contributed by atoms with Crippen molar-refractivity contribution in [1.82, 2.24) is 5.32 Å². The lowest BCUT2D eigenvalue weighted by Crippen LogP contribution is -2.37. The average molecular weight is 313 g/mol. The number of aryl methyl sites for hydroxylation is 1. The molecule has 2 N–H and O–H groups in total. The first-order valence-electron chi connectivity index (χ1n) is 7.45. The normalized spacial score (nSPS) is 17.7. The van der Waals surface area contributed by atoms with Gasteiger partial charge in [-0.3, -0.25) is 4.79 Å². The van der Waals surface area contributed by atoms with Crippen molar-refractivity contribution in [1.29, 1.82) is 0 Å². The first kappa shape index (κ1) is 17.8. The van der Waals surface area contributed by atoms with Crippen LogP contribution in [0.5, 0.6) is 5.75 Å². The van der Waals surface area contributed by atoms with E-state index < -0.39 is 0 Å². The van der Waals surface area contributed by atoms with E-state index in [1.165, 1.54) is 0 Å². The van der Waals surface area contributed by atoms with Crippen molar-refractivity contribution < 1.29 is 9.53 Å². The summed E-state index contributed by atoms with van der Waals surface area (Å²) in [4.78, 5) is 12.3. The van der Waals surface area contributed by atoms with Gasteiger partial charge in [0.1, 0.15) is 5.75 Å². The van der Waals surface area contributed by atoms with E-state index in [4.69, 9.17) is 4.74 Å². The number of nitrogens with one attached hydrogen (secondary N) is 2. The highest BCUT2D eigenvalue weighted by atomic mass is 35.5. The van der Waals surface area contributed by atoms with Crippen LogP contribution >= 0.6 is 12.4 Å². The minimum absolute atomic E-state index is 0. The maximum absolute atomic E-state index is 12.3. The molecule has 0 saturated carbocycles. The van der Waals surface area contributed by atoms with Crippen molar-refractivity contribution in [2.45, 2.75) is 33.1 Å². The summed E-state index contributed by atoms with van der Waals surface area (Å²) in [5, 5.41) is 6.28. The topological polar surface area (TPSA) is 50.4 Å². The second-order valence-corrected chi connectivity index (χ2v) is 5.38. The number of carbonyl (C=O) groups excluding carboxylic acids is 1. The van der Waals surface area contributed by atoms with E-state index in [-0.39, 0.29) is 24.2 Å². The monoisotopic (exact) mass is 312 g/mol. The second-order valence-electron chi connectivity index (χ2n) is 5.38. The molecular formula is C16H25ClN2O2. The first-order valence-corrected chi connectivity index (χ1v) is 7.45. The van der Waals surface area contributed by atoms with Crippen LogP contribution in [0.2, 0.25) is 0 Å². The van der Waals surface area contributed by atoms with E-state index >= 15 is 0 Å². The van der Waals surface area contributed by atoms with Crippen LogP contribution in [-0.2, 0) is 4.79 Å². The molecule has 5 heteroatoms. The van der Waals surface area contributed by atoms with Crippen LogP contribution in [0.3, 0.4) is 0 Å². The summed E-state index contributed by atoms with van der Waals surface area (Å²) in [5.74, 6) is 0.912. The van der Waals surface area contributed by atoms with Crippen molar-refractivity contribution in [3.05, 3.63) is 23.8 Å². The van der Waals surface area contributed by atoms with Gasteiger partial charge in [-0.05, 0) is 50.4 Å². The molecule has 0 bridgehead atoms. The van der Waals surface area contributed by atoms with E-state index in [1.807, 2.05) is 25.1 Å². The molecule has 0 aliphatic carbocycles. The highest BCUT2D eigenvalue weighted by molar-refractivity contribution is 5.94. The predicted molar refractivity (Wildman–Crippen MR) is 88.4 cm³/mol. The van der Waals surface area contributed by atoms with Crippen molar-refractivity contribution in [3.8, 4) is 5.75 Å². The maximum Gasteiger partial charge on any atom is 0.228 e. The largest absolute Gasteiger partial charge is 0.491 e. The van der Waals surface area contributed by atoms with Gasteiger partial charge in [-0.1, -0.05) is 13.0 Å². The molecule has 1 saturated heterocycles. The summed E-state index contributed by atoms with van der Waals surface area (Å²) in [6.45, 7) is 6.54.